The van der Waals surface area contributed by atoms with Crippen LogP contribution in [0.25, 0.3) is 0 Å². The van der Waals surface area contributed by atoms with Crippen molar-refractivity contribution in [2.45, 2.75) is 32.7 Å². The van der Waals surface area contributed by atoms with Crippen molar-refractivity contribution in [1.29, 1.82) is 0 Å². The molecule has 0 spiro atoms. The van der Waals surface area contributed by atoms with E-state index in [1.165, 1.54) is 0 Å². The molecular weight excluding hydrogens is 228 g/mol. The molecule has 5 nitrogen and oxygen atoms in total. The van der Waals surface area contributed by atoms with Crippen molar-refractivity contribution < 1.29 is 4.79 Å². The van der Waals surface area contributed by atoms with Crippen LogP contribution in [0.5, 0.6) is 0 Å². The Bertz CT molecular complexity index is 393. The van der Waals surface area contributed by atoms with Crippen molar-refractivity contribution in [3.8, 4) is 0 Å². The minimum atomic E-state index is 0.0585. The second kappa shape index (κ2) is 5.80. The summed E-state index contributed by atoms with van der Waals surface area (Å²) < 4.78 is 0. The molecular formula is C13H20N4O. The molecule has 1 aliphatic heterocycles. The van der Waals surface area contributed by atoms with Gasteiger partial charge in [-0.15, -0.1) is 0 Å². The molecule has 2 rings (SSSR count). The monoisotopic (exact) mass is 248 g/mol. The molecule has 0 aromatic carbocycles. The number of nitrogens with zero attached hydrogens (tertiary/aromatic N) is 3. The fourth-order valence-corrected chi connectivity index (χ4v) is 2.26. The first-order chi connectivity index (χ1) is 8.66. The first kappa shape index (κ1) is 12.8. The minimum Gasteiger partial charge on any atom is -0.355 e. The van der Waals surface area contributed by atoms with Crippen LogP contribution < -0.4 is 10.2 Å². The van der Waals surface area contributed by atoms with E-state index in [4.69, 9.17) is 0 Å². The molecule has 1 aromatic rings. The number of carbonyl (C=O) groups excluding carboxylic acids is 1. The number of piperidine rings is 1. The van der Waals surface area contributed by atoms with Crippen molar-refractivity contribution in [2.75, 3.05) is 18.0 Å². The van der Waals surface area contributed by atoms with E-state index in [9.17, 15) is 4.79 Å². The van der Waals surface area contributed by atoms with E-state index in [1.54, 1.807) is 18.6 Å². The van der Waals surface area contributed by atoms with E-state index in [0.29, 0.717) is 0 Å². The van der Waals surface area contributed by atoms with Crippen molar-refractivity contribution >= 4 is 11.7 Å². The molecule has 0 radical (unpaired) electrons. The fourth-order valence-electron chi connectivity index (χ4n) is 2.26. The van der Waals surface area contributed by atoms with Crippen molar-refractivity contribution in [2.24, 2.45) is 5.92 Å². The van der Waals surface area contributed by atoms with Crippen molar-refractivity contribution in [3.05, 3.63) is 18.6 Å². The summed E-state index contributed by atoms with van der Waals surface area (Å²) in [6.45, 7) is 5.66. The van der Waals surface area contributed by atoms with Crippen molar-refractivity contribution in [1.82, 2.24) is 15.3 Å². The van der Waals surface area contributed by atoms with E-state index in [2.05, 4.69) is 20.2 Å². The number of rotatable bonds is 3. The Balaban J connectivity index is 1.98. The average Bonchev–Trinajstić information content (AvgIpc) is 2.39. The van der Waals surface area contributed by atoms with Crippen LogP contribution in [0.4, 0.5) is 5.82 Å². The molecule has 1 aromatic heterocycles. The highest BCUT2D eigenvalue weighted by Crippen LogP contribution is 2.20. The van der Waals surface area contributed by atoms with Gasteiger partial charge in [-0.2, -0.15) is 0 Å². The Hall–Kier alpha value is -1.65. The number of anilines is 1. The van der Waals surface area contributed by atoms with Gasteiger partial charge in [0.25, 0.3) is 0 Å². The Morgan fingerprint density at radius 2 is 2.33 bits per heavy atom. The number of hydrogen-bond acceptors (Lipinski definition) is 4. The predicted octanol–water partition coefficient (Wildman–Crippen LogP) is 1.22. The van der Waals surface area contributed by atoms with Gasteiger partial charge in [0.1, 0.15) is 5.82 Å². The lowest BCUT2D eigenvalue weighted by Crippen LogP contribution is -2.45. The maximum atomic E-state index is 12.0. The van der Waals surface area contributed by atoms with Gasteiger partial charge >= 0.3 is 0 Å². The van der Waals surface area contributed by atoms with Crippen LogP contribution in [0.1, 0.15) is 26.7 Å². The second-order valence-corrected chi connectivity index (χ2v) is 5.01. The van der Waals surface area contributed by atoms with E-state index in [1.807, 2.05) is 13.8 Å². The Morgan fingerprint density at radius 1 is 1.50 bits per heavy atom. The second-order valence-electron chi connectivity index (χ2n) is 5.01. The van der Waals surface area contributed by atoms with Gasteiger partial charge in [0.2, 0.25) is 5.91 Å². The molecule has 1 N–H and O–H groups in total. The van der Waals surface area contributed by atoms with Gasteiger partial charge in [0, 0.05) is 31.5 Å². The van der Waals surface area contributed by atoms with Gasteiger partial charge in [-0.1, -0.05) is 0 Å². The SMILES string of the molecule is CC(C)NC(=O)[C@H]1CCCN(c2cnccn2)C1. The van der Waals surface area contributed by atoms with Crippen LogP contribution in [-0.4, -0.2) is 35.0 Å². The molecule has 1 atom stereocenters. The van der Waals surface area contributed by atoms with E-state index < -0.39 is 0 Å². The summed E-state index contributed by atoms with van der Waals surface area (Å²) >= 11 is 0. The third kappa shape index (κ3) is 3.18. The van der Waals surface area contributed by atoms with Crippen LogP contribution in [0.3, 0.4) is 0 Å². The molecule has 18 heavy (non-hydrogen) atoms. The van der Waals surface area contributed by atoms with Crippen LogP contribution >= 0.6 is 0 Å². The molecule has 0 bridgehead atoms. The zero-order valence-corrected chi connectivity index (χ0v) is 11.0. The lowest BCUT2D eigenvalue weighted by molar-refractivity contribution is -0.125. The lowest BCUT2D eigenvalue weighted by Gasteiger charge is -2.32. The van der Waals surface area contributed by atoms with Gasteiger partial charge < -0.3 is 10.2 Å². The standard InChI is InChI=1S/C13H20N4O/c1-10(2)16-13(18)11-4-3-7-17(9-11)12-8-14-5-6-15-12/h5-6,8,10-11H,3-4,7,9H2,1-2H3,(H,16,18)/t11-/m0/s1. The fraction of sp³-hybridized carbons (Fsp3) is 0.615. The smallest absolute Gasteiger partial charge is 0.225 e. The van der Waals surface area contributed by atoms with E-state index >= 15 is 0 Å². The van der Waals surface area contributed by atoms with Gasteiger partial charge in [-0.25, -0.2) is 4.98 Å². The summed E-state index contributed by atoms with van der Waals surface area (Å²) in [7, 11) is 0. The molecule has 98 valence electrons. The molecule has 0 saturated carbocycles. The summed E-state index contributed by atoms with van der Waals surface area (Å²) in [4.78, 5) is 22.5. The number of hydrogen-bond donors (Lipinski definition) is 1. The highest BCUT2D eigenvalue weighted by Gasteiger charge is 2.26. The lowest BCUT2D eigenvalue weighted by atomic mass is 9.97. The number of amides is 1. The molecule has 0 unspecified atom stereocenters. The number of nitrogens with one attached hydrogen (secondary N) is 1. The normalized spacial score (nSPS) is 19.9. The van der Waals surface area contributed by atoms with Gasteiger partial charge in [0.15, 0.2) is 0 Å². The first-order valence-corrected chi connectivity index (χ1v) is 6.48. The van der Waals surface area contributed by atoms with Crippen LogP contribution in [0.2, 0.25) is 0 Å². The third-order valence-corrected chi connectivity index (χ3v) is 3.10. The van der Waals surface area contributed by atoms with Gasteiger partial charge in [-0.05, 0) is 26.7 Å². The van der Waals surface area contributed by atoms with Crippen molar-refractivity contribution in [3.63, 3.8) is 0 Å². The molecule has 1 saturated heterocycles. The minimum absolute atomic E-state index is 0.0585. The summed E-state index contributed by atoms with van der Waals surface area (Å²) in [6.07, 6.45) is 7.08. The quantitative estimate of drug-likeness (QED) is 0.873. The zero-order valence-electron chi connectivity index (χ0n) is 11.0. The largest absolute Gasteiger partial charge is 0.355 e. The van der Waals surface area contributed by atoms with Crippen LogP contribution in [0, 0.1) is 5.92 Å². The number of aromatic nitrogens is 2. The summed E-state index contributed by atoms with van der Waals surface area (Å²) in [5.41, 5.74) is 0. The Labute approximate surface area is 108 Å². The summed E-state index contributed by atoms with van der Waals surface area (Å²) in [5.74, 6) is 1.07. The molecule has 5 heteroatoms. The van der Waals surface area contributed by atoms with Crippen LogP contribution in [-0.2, 0) is 4.79 Å². The molecule has 1 fully saturated rings. The topological polar surface area (TPSA) is 58.1 Å². The molecule has 1 aliphatic rings. The molecule has 1 amide bonds. The predicted molar refractivity (Wildman–Crippen MR) is 70.2 cm³/mol. The van der Waals surface area contributed by atoms with Gasteiger partial charge in [0.05, 0.1) is 12.1 Å². The average molecular weight is 248 g/mol. The zero-order chi connectivity index (χ0) is 13.0. The molecule has 2 heterocycles. The van der Waals surface area contributed by atoms with Gasteiger partial charge in [-0.3, -0.25) is 9.78 Å². The Kier molecular flexibility index (Phi) is 4.12. The third-order valence-electron chi connectivity index (χ3n) is 3.10. The number of carbonyl (C=O) groups is 1. The highest BCUT2D eigenvalue weighted by molar-refractivity contribution is 5.79. The van der Waals surface area contributed by atoms with E-state index in [0.717, 1.165) is 31.7 Å². The summed E-state index contributed by atoms with van der Waals surface area (Å²) in [5, 5.41) is 2.98. The highest BCUT2D eigenvalue weighted by atomic mass is 16.2. The van der Waals surface area contributed by atoms with E-state index in [-0.39, 0.29) is 17.9 Å². The van der Waals surface area contributed by atoms with Crippen LogP contribution in [0.15, 0.2) is 18.6 Å². The maximum absolute atomic E-state index is 12.0. The first-order valence-electron chi connectivity index (χ1n) is 6.48. The Morgan fingerprint density at radius 3 is 3.00 bits per heavy atom. The maximum Gasteiger partial charge on any atom is 0.225 e. The molecule has 0 aliphatic carbocycles. The summed E-state index contributed by atoms with van der Waals surface area (Å²) in [6, 6.07) is 0.199.